The summed E-state index contributed by atoms with van der Waals surface area (Å²) in [6, 6.07) is 0. The molecule has 8 atom stereocenters. The van der Waals surface area contributed by atoms with Gasteiger partial charge in [-0.15, -0.1) is 0 Å². The lowest BCUT2D eigenvalue weighted by Gasteiger charge is -2.26. The minimum Gasteiger partial charge on any atom is -0.394 e. The van der Waals surface area contributed by atoms with E-state index in [1.807, 2.05) is 0 Å². The zero-order chi connectivity index (χ0) is 37.9. The highest BCUT2D eigenvalue weighted by Crippen LogP contribution is 2.14. The first-order valence-electron chi connectivity index (χ1n) is 18.3. The van der Waals surface area contributed by atoms with Crippen LogP contribution in [-0.2, 0) is 14.4 Å². The van der Waals surface area contributed by atoms with Crippen LogP contribution in [0.15, 0.2) is 0 Å². The lowest BCUT2D eigenvalue weighted by Crippen LogP contribution is -2.52. The quantitative estimate of drug-likeness (QED) is 0.0341. The lowest BCUT2D eigenvalue weighted by atomic mass is 10.0. The lowest BCUT2D eigenvalue weighted by molar-refractivity contribution is -0.149. The summed E-state index contributed by atoms with van der Waals surface area (Å²) >= 11 is 0. The van der Waals surface area contributed by atoms with E-state index in [1.165, 1.54) is 57.8 Å². The van der Waals surface area contributed by atoms with Crippen molar-refractivity contribution in [1.82, 2.24) is 15.5 Å². The maximum atomic E-state index is 13.1. The highest BCUT2D eigenvalue weighted by Gasteiger charge is 2.35. The van der Waals surface area contributed by atoms with E-state index in [-0.39, 0.29) is 44.9 Å². The molecular weight excluding hydrogens is 658 g/mol. The predicted molar refractivity (Wildman–Crippen MR) is 184 cm³/mol. The van der Waals surface area contributed by atoms with Crippen LogP contribution in [0, 0.1) is 0 Å². The summed E-state index contributed by atoms with van der Waals surface area (Å²) in [6.45, 7) is 0.815. The zero-order valence-corrected chi connectivity index (χ0v) is 29.8. The normalized spacial score (nSPS) is 16.5. The Labute approximate surface area is 296 Å². The molecule has 0 aliphatic heterocycles. The first-order valence-corrected chi connectivity index (χ1v) is 18.3. The SMILES string of the molecule is CCCCCCCCCCCCCCCC(=O)N(CCCNC(=O)[C@H](O)[C@@H](O)[C@H](O)[C@H](O)CO)CCCNC(=O)[C@H](O)[C@@H](O)[C@H](O)[C@H](O)CO. The molecule has 0 aliphatic carbocycles. The third-order valence-electron chi connectivity index (χ3n) is 8.70. The van der Waals surface area contributed by atoms with Gasteiger partial charge in [0.15, 0.2) is 12.2 Å². The van der Waals surface area contributed by atoms with Crippen molar-refractivity contribution in [2.24, 2.45) is 0 Å². The van der Waals surface area contributed by atoms with Crippen molar-refractivity contribution in [3.8, 4) is 0 Å². The molecule has 50 heavy (non-hydrogen) atoms. The number of nitrogens with zero attached hydrogens (tertiary/aromatic N) is 1. The Kier molecular flexibility index (Phi) is 28.4. The molecule has 0 spiro atoms. The van der Waals surface area contributed by atoms with Gasteiger partial charge in [-0.2, -0.15) is 0 Å². The number of hydrogen-bond acceptors (Lipinski definition) is 13. The summed E-state index contributed by atoms with van der Waals surface area (Å²) < 4.78 is 0. The van der Waals surface area contributed by atoms with E-state index in [0.717, 1.165) is 19.3 Å². The Morgan fingerprint density at radius 3 is 1.18 bits per heavy atom. The van der Waals surface area contributed by atoms with Crippen LogP contribution in [0.5, 0.6) is 0 Å². The minimum absolute atomic E-state index is 0.00732. The molecule has 296 valence electrons. The summed E-state index contributed by atoms with van der Waals surface area (Å²) in [6.07, 6.45) is 0.264. The second-order valence-electron chi connectivity index (χ2n) is 13.0. The number of hydrogen-bond donors (Lipinski definition) is 12. The second kappa shape index (κ2) is 29.6. The molecule has 16 nitrogen and oxygen atoms in total. The van der Waals surface area contributed by atoms with Crippen molar-refractivity contribution >= 4 is 17.7 Å². The molecule has 0 rings (SSSR count). The summed E-state index contributed by atoms with van der Waals surface area (Å²) in [5, 5.41) is 101. The maximum Gasteiger partial charge on any atom is 0.251 e. The van der Waals surface area contributed by atoms with Crippen molar-refractivity contribution in [2.75, 3.05) is 39.4 Å². The summed E-state index contributed by atoms with van der Waals surface area (Å²) in [4.78, 5) is 39.1. The highest BCUT2D eigenvalue weighted by molar-refractivity contribution is 5.81. The topological polar surface area (TPSA) is 281 Å². The zero-order valence-electron chi connectivity index (χ0n) is 29.8. The monoisotopic (exact) mass is 725 g/mol. The number of nitrogens with one attached hydrogen (secondary N) is 2. The summed E-state index contributed by atoms with van der Waals surface area (Å²) in [7, 11) is 0. The molecule has 0 unspecified atom stereocenters. The van der Waals surface area contributed by atoms with Gasteiger partial charge >= 0.3 is 0 Å². The van der Waals surface area contributed by atoms with Crippen molar-refractivity contribution in [3.05, 3.63) is 0 Å². The average Bonchev–Trinajstić information content (AvgIpc) is 3.12. The van der Waals surface area contributed by atoms with E-state index in [1.54, 1.807) is 4.90 Å². The molecule has 3 amide bonds. The number of aliphatic hydroxyl groups excluding tert-OH is 10. The van der Waals surface area contributed by atoms with E-state index < -0.39 is 73.9 Å². The smallest absolute Gasteiger partial charge is 0.251 e. The summed E-state index contributed by atoms with van der Waals surface area (Å²) in [5.41, 5.74) is 0. The van der Waals surface area contributed by atoms with Crippen LogP contribution >= 0.6 is 0 Å². The van der Waals surface area contributed by atoms with Gasteiger partial charge in [0.1, 0.15) is 36.6 Å². The van der Waals surface area contributed by atoms with Crippen LogP contribution in [0.1, 0.15) is 110 Å². The van der Waals surface area contributed by atoms with Crippen LogP contribution in [0.4, 0.5) is 0 Å². The Bertz CT molecular complexity index is 839. The molecule has 16 heteroatoms. The fourth-order valence-corrected chi connectivity index (χ4v) is 5.34. The second-order valence-corrected chi connectivity index (χ2v) is 13.0. The number of amides is 3. The van der Waals surface area contributed by atoms with Crippen molar-refractivity contribution in [2.45, 2.75) is 158 Å². The number of unbranched alkanes of at least 4 members (excludes halogenated alkanes) is 12. The minimum atomic E-state index is -2.08. The molecule has 0 saturated carbocycles. The van der Waals surface area contributed by atoms with Crippen molar-refractivity contribution in [1.29, 1.82) is 0 Å². The van der Waals surface area contributed by atoms with Gasteiger partial charge in [-0.1, -0.05) is 84.0 Å². The Morgan fingerprint density at radius 1 is 0.500 bits per heavy atom. The molecular formula is C34H67N3O13. The van der Waals surface area contributed by atoms with Gasteiger partial charge in [0, 0.05) is 32.6 Å². The number of aliphatic hydroxyl groups is 10. The van der Waals surface area contributed by atoms with E-state index in [4.69, 9.17) is 10.2 Å². The van der Waals surface area contributed by atoms with Gasteiger partial charge < -0.3 is 66.6 Å². The standard InChI is InChI=1S/C34H67N3O13/c1-2-3-4-5-6-7-8-9-10-11-12-13-14-17-26(42)37(20-15-18-35-33(49)31(47)29(45)27(43)24(40)22-38)21-16-19-36-34(50)32(48)30(46)28(44)25(41)23-39/h24-25,27-32,38-41,43-48H,2-23H2,1H3,(H,35,49)(H,36,50)/t24-,25-,27-,28-,29+,30+,31-,32-/m1/s1. The van der Waals surface area contributed by atoms with Crippen LogP contribution in [0.2, 0.25) is 0 Å². The summed E-state index contributed by atoms with van der Waals surface area (Å²) in [5.74, 6) is -2.18. The third kappa shape index (κ3) is 20.8. The van der Waals surface area contributed by atoms with E-state index in [0.29, 0.717) is 12.8 Å². The van der Waals surface area contributed by atoms with Gasteiger partial charge in [0.25, 0.3) is 11.8 Å². The van der Waals surface area contributed by atoms with Crippen molar-refractivity contribution in [3.63, 3.8) is 0 Å². The third-order valence-corrected chi connectivity index (χ3v) is 8.70. The van der Waals surface area contributed by atoms with Gasteiger partial charge in [-0.25, -0.2) is 0 Å². The highest BCUT2D eigenvalue weighted by atomic mass is 16.4. The molecule has 0 radical (unpaired) electrons. The fourth-order valence-electron chi connectivity index (χ4n) is 5.34. The molecule has 0 aromatic carbocycles. The van der Waals surface area contributed by atoms with E-state index >= 15 is 0 Å². The first-order chi connectivity index (χ1) is 23.8. The number of carbonyl (C=O) groups excluding carboxylic acids is 3. The molecule has 0 heterocycles. The molecule has 0 saturated heterocycles. The van der Waals surface area contributed by atoms with E-state index in [9.17, 15) is 55.2 Å². The molecule has 12 N–H and O–H groups in total. The number of rotatable bonds is 32. The molecule has 0 fully saturated rings. The number of carbonyl (C=O) groups is 3. The Balaban J connectivity index is 4.81. The van der Waals surface area contributed by atoms with Gasteiger partial charge in [-0.3, -0.25) is 14.4 Å². The first kappa shape index (κ1) is 48.0. The average molecular weight is 726 g/mol. The largest absolute Gasteiger partial charge is 0.394 e. The van der Waals surface area contributed by atoms with Gasteiger partial charge in [0.2, 0.25) is 5.91 Å². The van der Waals surface area contributed by atoms with Crippen LogP contribution in [0.3, 0.4) is 0 Å². The van der Waals surface area contributed by atoms with Gasteiger partial charge in [-0.05, 0) is 19.3 Å². The van der Waals surface area contributed by atoms with Crippen LogP contribution < -0.4 is 10.6 Å². The molecule has 0 aromatic rings. The maximum absolute atomic E-state index is 13.1. The van der Waals surface area contributed by atoms with Crippen molar-refractivity contribution < 1.29 is 65.4 Å². The fraction of sp³-hybridized carbons (Fsp3) is 0.912. The Morgan fingerprint density at radius 2 is 0.840 bits per heavy atom. The molecule has 0 aliphatic rings. The molecule has 0 aromatic heterocycles. The van der Waals surface area contributed by atoms with Crippen LogP contribution in [0.25, 0.3) is 0 Å². The predicted octanol–water partition coefficient (Wildman–Crippen LogP) is -1.82. The van der Waals surface area contributed by atoms with E-state index in [2.05, 4.69) is 17.6 Å². The Hall–Kier alpha value is -1.99. The molecule has 0 bridgehead atoms. The van der Waals surface area contributed by atoms with Crippen LogP contribution in [-0.4, -0.2) is 162 Å². The van der Waals surface area contributed by atoms with Gasteiger partial charge in [0.05, 0.1) is 13.2 Å².